The highest BCUT2D eigenvalue weighted by Gasteiger charge is 2.13. The van der Waals surface area contributed by atoms with Gasteiger partial charge in [-0.05, 0) is 35.7 Å². The molecule has 1 unspecified atom stereocenters. The zero-order chi connectivity index (χ0) is 12.1. The van der Waals surface area contributed by atoms with Crippen molar-refractivity contribution in [3.63, 3.8) is 0 Å². The number of aliphatic hydroxyl groups excluding tert-OH is 1. The van der Waals surface area contributed by atoms with E-state index in [1.807, 2.05) is 24.3 Å². The normalized spacial score (nSPS) is 12.4. The van der Waals surface area contributed by atoms with Crippen molar-refractivity contribution in [2.75, 3.05) is 0 Å². The number of aromatic nitrogens is 2. The molecular weight excluding hydrogens is 212 g/mol. The molecule has 17 heavy (non-hydrogen) atoms. The molecule has 0 saturated carbocycles. The summed E-state index contributed by atoms with van der Waals surface area (Å²) in [5.74, 6) is 0. The average molecular weight is 228 g/mol. The fourth-order valence-corrected chi connectivity index (χ4v) is 1.89. The molecule has 0 saturated heterocycles. The number of rotatable bonds is 4. The SMILES string of the molecule is CCc1cccnc1C(O)Cc1ccncc1. The average Bonchev–Trinajstić information content (AvgIpc) is 2.40. The summed E-state index contributed by atoms with van der Waals surface area (Å²) in [5.41, 5.74) is 2.96. The Hall–Kier alpha value is -1.74. The van der Waals surface area contributed by atoms with Crippen molar-refractivity contribution in [3.05, 3.63) is 59.7 Å². The Kier molecular flexibility index (Phi) is 3.83. The zero-order valence-electron chi connectivity index (χ0n) is 9.87. The fourth-order valence-electron chi connectivity index (χ4n) is 1.89. The van der Waals surface area contributed by atoms with Gasteiger partial charge in [-0.1, -0.05) is 13.0 Å². The van der Waals surface area contributed by atoms with Gasteiger partial charge in [0.25, 0.3) is 0 Å². The summed E-state index contributed by atoms with van der Waals surface area (Å²) in [4.78, 5) is 8.24. The van der Waals surface area contributed by atoms with Gasteiger partial charge >= 0.3 is 0 Å². The van der Waals surface area contributed by atoms with E-state index in [0.29, 0.717) is 6.42 Å². The van der Waals surface area contributed by atoms with Crippen LogP contribution in [0.5, 0.6) is 0 Å². The van der Waals surface area contributed by atoms with Gasteiger partial charge in [0.15, 0.2) is 0 Å². The lowest BCUT2D eigenvalue weighted by atomic mass is 10.0. The maximum absolute atomic E-state index is 10.2. The maximum Gasteiger partial charge on any atom is 0.100 e. The molecule has 3 nitrogen and oxygen atoms in total. The minimum atomic E-state index is -0.548. The second kappa shape index (κ2) is 5.55. The molecule has 0 bridgehead atoms. The van der Waals surface area contributed by atoms with Gasteiger partial charge in [-0.3, -0.25) is 9.97 Å². The molecule has 0 aliphatic heterocycles. The molecule has 1 atom stereocenters. The van der Waals surface area contributed by atoms with E-state index in [0.717, 1.165) is 23.2 Å². The van der Waals surface area contributed by atoms with Crippen molar-refractivity contribution < 1.29 is 5.11 Å². The Balaban J connectivity index is 2.17. The molecule has 0 aliphatic rings. The predicted molar refractivity (Wildman–Crippen MR) is 66.5 cm³/mol. The molecule has 2 aromatic rings. The Morgan fingerprint density at radius 2 is 1.94 bits per heavy atom. The van der Waals surface area contributed by atoms with Crippen LogP contribution in [0.2, 0.25) is 0 Å². The Morgan fingerprint density at radius 3 is 2.65 bits per heavy atom. The number of aryl methyl sites for hydroxylation is 1. The number of aliphatic hydroxyl groups is 1. The lowest BCUT2D eigenvalue weighted by molar-refractivity contribution is 0.172. The van der Waals surface area contributed by atoms with Crippen LogP contribution in [0.1, 0.15) is 29.8 Å². The summed E-state index contributed by atoms with van der Waals surface area (Å²) in [7, 11) is 0. The lowest BCUT2D eigenvalue weighted by Crippen LogP contribution is -2.07. The van der Waals surface area contributed by atoms with E-state index in [4.69, 9.17) is 0 Å². The molecule has 3 heteroatoms. The van der Waals surface area contributed by atoms with E-state index in [2.05, 4.69) is 16.9 Å². The maximum atomic E-state index is 10.2. The third-order valence-corrected chi connectivity index (χ3v) is 2.80. The van der Waals surface area contributed by atoms with Gasteiger partial charge in [-0.15, -0.1) is 0 Å². The van der Waals surface area contributed by atoms with Crippen LogP contribution in [0.25, 0.3) is 0 Å². The first-order valence-corrected chi connectivity index (χ1v) is 5.82. The smallest absolute Gasteiger partial charge is 0.100 e. The minimum absolute atomic E-state index is 0.548. The van der Waals surface area contributed by atoms with Crippen LogP contribution in [0.3, 0.4) is 0 Å². The van der Waals surface area contributed by atoms with Crippen molar-refractivity contribution in [1.29, 1.82) is 0 Å². The predicted octanol–water partition coefficient (Wildman–Crippen LogP) is 2.32. The van der Waals surface area contributed by atoms with E-state index >= 15 is 0 Å². The van der Waals surface area contributed by atoms with E-state index in [9.17, 15) is 5.11 Å². The van der Waals surface area contributed by atoms with Crippen LogP contribution in [0.4, 0.5) is 0 Å². The largest absolute Gasteiger partial charge is 0.386 e. The third-order valence-electron chi connectivity index (χ3n) is 2.80. The molecule has 1 N–H and O–H groups in total. The first kappa shape index (κ1) is 11.7. The summed E-state index contributed by atoms with van der Waals surface area (Å²) >= 11 is 0. The van der Waals surface area contributed by atoms with Crippen molar-refractivity contribution in [1.82, 2.24) is 9.97 Å². The van der Waals surface area contributed by atoms with Crippen molar-refractivity contribution in [2.24, 2.45) is 0 Å². The Morgan fingerprint density at radius 1 is 1.18 bits per heavy atom. The molecule has 0 fully saturated rings. The highest BCUT2D eigenvalue weighted by atomic mass is 16.3. The molecule has 88 valence electrons. The zero-order valence-corrected chi connectivity index (χ0v) is 9.87. The third kappa shape index (κ3) is 2.88. The molecule has 0 radical (unpaired) electrons. The summed E-state index contributed by atoms with van der Waals surface area (Å²) in [6.45, 7) is 2.07. The molecule has 0 spiro atoms. The molecular formula is C14H16N2O. The summed E-state index contributed by atoms with van der Waals surface area (Å²) < 4.78 is 0. The van der Waals surface area contributed by atoms with Crippen LogP contribution in [-0.4, -0.2) is 15.1 Å². The van der Waals surface area contributed by atoms with E-state index in [1.165, 1.54) is 0 Å². The Labute approximate surface area is 101 Å². The molecule has 0 aliphatic carbocycles. The van der Waals surface area contributed by atoms with Crippen LogP contribution >= 0.6 is 0 Å². The second-order valence-corrected chi connectivity index (χ2v) is 3.98. The van der Waals surface area contributed by atoms with Gasteiger partial charge in [0, 0.05) is 25.0 Å². The number of hydrogen-bond donors (Lipinski definition) is 1. The molecule has 2 rings (SSSR count). The lowest BCUT2D eigenvalue weighted by Gasteiger charge is -2.13. The highest BCUT2D eigenvalue weighted by molar-refractivity contribution is 5.23. The van der Waals surface area contributed by atoms with Gasteiger partial charge in [-0.2, -0.15) is 0 Å². The van der Waals surface area contributed by atoms with E-state index < -0.39 is 6.10 Å². The van der Waals surface area contributed by atoms with Crippen LogP contribution in [-0.2, 0) is 12.8 Å². The quantitative estimate of drug-likeness (QED) is 0.873. The van der Waals surface area contributed by atoms with Gasteiger partial charge in [-0.25, -0.2) is 0 Å². The van der Waals surface area contributed by atoms with Crippen LogP contribution in [0.15, 0.2) is 42.9 Å². The number of hydrogen-bond acceptors (Lipinski definition) is 3. The summed E-state index contributed by atoms with van der Waals surface area (Å²) in [6, 6.07) is 7.75. The molecule has 2 heterocycles. The first-order valence-electron chi connectivity index (χ1n) is 5.82. The topological polar surface area (TPSA) is 46.0 Å². The van der Waals surface area contributed by atoms with Crippen molar-refractivity contribution >= 4 is 0 Å². The van der Waals surface area contributed by atoms with E-state index in [1.54, 1.807) is 18.6 Å². The van der Waals surface area contributed by atoms with Gasteiger partial charge in [0.05, 0.1) is 5.69 Å². The van der Waals surface area contributed by atoms with E-state index in [-0.39, 0.29) is 0 Å². The van der Waals surface area contributed by atoms with Gasteiger partial charge in [0.1, 0.15) is 6.10 Å². The first-order chi connectivity index (χ1) is 8.31. The van der Waals surface area contributed by atoms with Crippen LogP contribution in [0, 0.1) is 0 Å². The minimum Gasteiger partial charge on any atom is -0.386 e. The molecule has 0 amide bonds. The summed E-state index contributed by atoms with van der Waals surface area (Å²) in [6.07, 6.45) is 6.11. The monoisotopic (exact) mass is 228 g/mol. The van der Waals surface area contributed by atoms with Crippen molar-refractivity contribution in [2.45, 2.75) is 25.9 Å². The number of nitrogens with zero attached hydrogens (tertiary/aromatic N) is 2. The van der Waals surface area contributed by atoms with Crippen molar-refractivity contribution in [3.8, 4) is 0 Å². The number of pyridine rings is 2. The van der Waals surface area contributed by atoms with Gasteiger partial charge < -0.3 is 5.11 Å². The fraction of sp³-hybridized carbons (Fsp3) is 0.286. The van der Waals surface area contributed by atoms with Crippen LogP contribution < -0.4 is 0 Å². The summed E-state index contributed by atoms with van der Waals surface area (Å²) in [5, 5.41) is 10.2. The molecule has 0 aromatic carbocycles. The second-order valence-electron chi connectivity index (χ2n) is 3.98. The standard InChI is InChI=1S/C14H16N2O/c1-2-12-4-3-7-16-14(12)13(17)10-11-5-8-15-9-6-11/h3-9,13,17H,2,10H2,1H3. The Bertz CT molecular complexity index is 471. The van der Waals surface area contributed by atoms with Gasteiger partial charge in [0.2, 0.25) is 0 Å². The molecule has 2 aromatic heterocycles. The highest BCUT2D eigenvalue weighted by Crippen LogP contribution is 2.19.